The second-order valence-corrected chi connectivity index (χ2v) is 12.8. The van der Waals surface area contributed by atoms with E-state index in [1.807, 2.05) is 11.6 Å². The van der Waals surface area contributed by atoms with Crippen LogP contribution < -0.4 is 10.0 Å². The molecule has 1 atom stereocenters. The van der Waals surface area contributed by atoms with Crippen LogP contribution in [0.25, 0.3) is 11.1 Å². The molecule has 236 valence electrons. The summed E-state index contributed by atoms with van der Waals surface area (Å²) < 4.78 is 56.6. The second-order valence-electron chi connectivity index (χ2n) is 10.4. The fourth-order valence-corrected chi connectivity index (χ4v) is 6.07. The van der Waals surface area contributed by atoms with Crippen LogP contribution in [-0.2, 0) is 37.4 Å². The molecule has 3 amide bonds. The maximum atomic E-state index is 15.4. The number of nitrogens with zero attached hydrogens (tertiary/aromatic N) is 1. The van der Waals surface area contributed by atoms with Crippen molar-refractivity contribution < 1.29 is 31.6 Å². The summed E-state index contributed by atoms with van der Waals surface area (Å²) in [5, 5.41) is 2.45. The number of unbranched alkanes of at least 4 members (excludes halogenated alkanes) is 1. The Labute approximate surface area is 262 Å². The van der Waals surface area contributed by atoms with Gasteiger partial charge in [0.1, 0.15) is 11.6 Å². The van der Waals surface area contributed by atoms with Crippen molar-refractivity contribution in [3.8, 4) is 11.1 Å². The molecule has 0 saturated carbocycles. The van der Waals surface area contributed by atoms with Gasteiger partial charge in [0, 0.05) is 55.8 Å². The molecular weight excluding hydrogens is 608 g/mol. The lowest BCUT2D eigenvalue weighted by Gasteiger charge is -2.23. The van der Waals surface area contributed by atoms with Gasteiger partial charge in [0.25, 0.3) is 10.0 Å². The number of nitrogens with one attached hydrogen (secondary N) is 2. The monoisotopic (exact) mass is 645 g/mol. The maximum Gasteiger partial charge on any atom is 0.264 e. The van der Waals surface area contributed by atoms with Gasteiger partial charge < -0.3 is 10.2 Å². The predicted octanol–water partition coefficient (Wildman–Crippen LogP) is 5.02. The van der Waals surface area contributed by atoms with Crippen LogP contribution in [0.15, 0.2) is 71.6 Å². The lowest BCUT2D eigenvalue weighted by atomic mass is 10.0. The van der Waals surface area contributed by atoms with E-state index >= 15 is 4.39 Å². The van der Waals surface area contributed by atoms with Crippen LogP contribution in [0.3, 0.4) is 0 Å². The summed E-state index contributed by atoms with van der Waals surface area (Å²) in [4.78, 5) is 38.3. The Morgan fingerprint density at radius 2 is 1.64 bits per heavy atom. The SMILES string of the molecule is CCCCC(=O)N(CCC(=O)NC[C@H](S)Cc1ccccc1F)Cc1ccc(-c2ccccc2S(=O)(=O)NC(C)=O)cc1F. The van der Waals surface area contributed by atoms with Gasteiger partial charge in [-0.25, -0.2) is 21.9 Å². The Hall–Kier alpha value is -3.77. The Balaban J connectivity index is 1.70. The first-order valence-corrected chi connectivity index (χ1v) is 16.3. The molecule has 3 aromatic carbocycles. The number of carbonyl (C=O) groups excluding carboxylic acids is 3. The molecule has 0 saturated heterocycles. The number of amides is 3. The van der Waals surface area contributed by atoms with Gasteiger partial charge in [0.2, 0.25) is 17.7 Å². The third-order valence-electron chi connectivity index (χ3n) is 6.83. The van der Waals surface area contributed by atoms with Gasteiger partial charge in [-0.05, 0) is 42.2 Å². The van der Waals surface area contributed by atoms with Gasteiger partial charge in [-0.3, -0.25) is 14.4 Å². The van der Waals surface area contributed by atoms with E-state index in [-0.39, 0.29) is 76.9 Å². The van der Waals surface area contributed by atoms with E-state index in [1.54, 1.807) is 30.3 Å². The fraction of sp³-hybridized carbons (Fsp3) is 0.344. The topological polar surface area (TPSA) is 113 Å². The average Bonchev–Trinajstić information content (AvgIpc) is 2.98. The van der Waals surface area contributed by atoms with Crippen molar-refractivity contribution in [3.63, 3.8) is 0 Å². The van der Waals surface area contributed by atoms with E-state index in [9.17, 15) is 27.2 Å². The van der Waals surface area contributed by atoms with Crippen molar-refractivity contribution in [1.82, 2.24) is 14.9 Å². The average molecular weight is 646 g/mol. The summed E-state index contributed by atoms with van der Waals surface area (Å²) in [6, 6.07) is 16.5. The Morgan fingerprint density at radius 1 is 0.932 bits per heavy atom. The normalized spacial score (nSPS) is 11.9. The molecule has 3 rings (SSSR count). The van der Waals surface area contributed by atoms with Crippen LogP contribution in [0.1, 0.15) is 50.7 Å². The molecule has 0 spiro atoms. The minimum atomic E-state index is -4.18. The van der Waals surface area contributed by atoms with Crippen molar-refractivity contribution in [2.24, 2.45) is 0 Å². The first-order chi connectivity index (χ1) is 20.9. The van der Waals surface area contributed by atoms with E-state index in [2.05, 4.69) is 17.9 Å². The number of benzene rings is 3. The first kappa shape index (κ1) is 34.7. The van der Waals surface area contributed by atoms with E-state index in [0.29, 0.717) is 18.4 Å². The molecule has 0 heterocycles. The van der Waals surface area contributed by atoms with Gasteiger partial charge >= 0.3 is 0 Å². The number of halogens is 2. The highest BCUT2D eigenvalue weighted by Crippen LogP contribution is 2.29. The lowest BCUT2D eigenvalue weighted by molar-refractivity contribution is -0.132. The molecular formula is C32H37F2N3O5S2. The zero-order chi connectivity index (χ0) is 32.3. The number of thiol groups is 1. The van der Waals surface area contributed by atoms with Gasteiger partial charge in [-0.15, -0.1) is 0 Å². The predicted molar refractivity (Wildman–Crippen MR) is 168 cm³/mol. The van der Waals surface area contributed by atoms with Crippen LogP contribution in [0.5, 0.6) is 0 Å². The summed E-state index contributed by atoms with van der Waals surface area (Å²) in [5.74, 6) is -2.28. The lowest BCUT2D eigenvalue weighted by Crippen LogP contribution is -2.36. The molecule has 12 heteroatoms. The van der Waals surface area contributed by atoms with Crippen LogP contribution >= 0.6 is 12.6 Å². The Kier molecular flexibility index (Phi) is 12.9. The second kappa shape index (κ2) is 16.3. The maximum absolute atomic E-state index is 15.4. The zero-order valence-corrected chi connectivity index (χ0v) is 26.4. The van der Waals surface area contributed by atoms with Gasteiger partial charge in [-0.1, -0.05) is 61.9 Å². The van der Waals surface area contributed by atoms with Crippen LogP contribution in [0, 0.1) is 11.6 Å². The number of rotatable bonds is 15. The van der Waals surface area contributed by atoms with Crippen LogP contribution in [-0.4, -0.2) is 49.4 Å². The van der Waals surface area contributed by atoms with Crippen molar-refractivity contribution in [1.29, 1.82) is 0 Å². The third kappa shape index (κ3) is 10.2. The highest BCUT2D eigenvalue weighted by molar-refractivity contribution is 7.90. The number of hydrogen-bond acceptors (Lipinski definition) is 6. The molecule has 44 heavy (non-hydrogen) atoms. The minimum absolute atomic E-state index is 0.0217. The van der Waals surface area contributed by atoms with E-state index in [0.717, 1.165) is 13.3 Å². The van der Waals surface area contributed by atoms with Crippen molar-refractivity contribution in [2.75, 3.05) is 13.1 Å². The molecule has 0 aromatic heterocycles. The summed E-state index contributed by atoms with van der Waals surface area (Å²) in [6.45, 7) is 3.20. The summed E-state index contributed by atoms with van der Waals surface area (Å²) >= 11 is 4.45. The molecule has 0 aliphatic carbocycles. The van der Waals surface area contributed by atoms with Crippen molar-refractivity contribution in [3.05, 3.63) is 89.5 Å². The summed E-state index contributed by atoms with van der Waals surface area (Å²) in [5.41, 5.74) is 1.18. The quantitative estimate of drug-likeness (QED) is 0.201. The third-order valence-corrected chi connectivity index (χ3v) is 8.69. The molecule has 3 aromatic rings. The molecule has 0 unspecified atom stereocenters. The number of carbonyl (C=O) groups is 3. The van der Waals surface area contributed by atoms with Crippen molar-refractivity contribution >= 4 is 40.4 Å². The van der Waals surface area contributed by atoms with Gasteiger partial charge in [0.15, 0.2) is 0 Å². The standard InChI is InChI=1S/C32H37F2N3O5S2/c1-3-4-13-32(40)37(17-16-31(39)35-20-26(43)18-24-9-5-7-11-28(24)33)21-25-15-14-23(19-29(25)34)27-10-6-8-12-30(27)44(41,42)36-22(2)38/h5-12,14-15,19,26,43H,3-4,13,16-18,20-21H2,1-2H3,(H,35,39)(H,36,38)/t26-/m1/s1. The molecule has 2 N–H and O–H groups in total. The fourth-order valence-electron chi connectivity index (χ4n) is 4.56. The van der Waals surface area contributed by atoms with Crippen LogP contribution in [0.2, 0.25) is 0 Å². The smallest absolute Gasteiger partial charge is 0.264 e. The van der Waals surface area contributed by atoms with Crippen molar-refractivity contribution in [2.45, 2.75) is 62.6 Å². The zero-order valence-electron chi connectivity index (χ0n) is 24.7. The van der Waals surface area contributed by atoms with Crippen LogP contribution in [0.4, 0.5) is 8.78 Å². The minimum Gasteiger partial charge on any atom is -0.355 e. The summed E-state index contributed by atoms with van der Waals surface area (Å²) in [6.07, 6.45) is 1.98. The highest BCUT2D eigenvalue weighted by Gasteiger charge is 2.22. The molecule has 0 radical (unpaired) electrons. The Bertz CT molecular complexity index is 1580. The molecule has 0 bridgehead atoms. The molecule has 0 aliphatic heterocycles. The van der Waals surface area contributed by atoms with E-state index < -0.39 is 21.7 Å². The first-order valence-electron chi connectivity index (χ1n) is 14.3. The molecule has 8 nitrogen and oxygen atoms in total. The number of hydrogen-bond donors (Lipinski definition) is 3. The summed E-state index contributed by atoms with van der Waals surface area (Å²) in [7, 11) is -4.18. The molecule has 0 fully saturated rings. The highest BCUT2D eigenvalue weighted by atomic mass is 32.2. The van der Waals surface area contributed by atoms with Gasteiger partial charge in [0.05, 0.1) is 4.90 Å². The molecule has 0 aliphatic rings. The Morgan fingerprint density at radius 3 is 2.32 bits per heavy atom. The van der Waals surface area contributed by atoms with E-state index in [1.165, 1.54) is 41.3 Å². The van der Waals surface area contributed by atoms with E-state index in [4.69, 9.17) is 0 Å². The van der Waals surface area contributed by atoms with Gasteiger partial charge in [-0.2, -0.15) is 12.6 Å². The largest absolute Gasteiger partial charge is 0.355 e. The number of sulfonamides is 1.